The van der Waals surface area contributed by atoms with Crippen LogP contribution in [0.5, 0.6) is 0 Å². The van der Waals surface area contributed by atoms with E-state index in [1.807, 2.05) is 0 Å². The second-order valence-corrected chi connectivity index (χ2v) is 5.04. The van der Waals surface area contributed by atoms with E-state index in [2.05, 4.69) is 0 Å². The van der Waals surface area contributed by atoms with Crippen molar-refractivity contribution in [3.05, 3.63) is 0 Å². The van der Waals surface area contributed by atoms with Gasteiger partial charge in [-0.15, -0.1) is 0 Å². The average molecular weight is 498 g/mol. The summed E-state index contributed by atoms with van der Waals surface area (Å²) in [6.07, 6.45) is 0. The zero-order valence-corrected chi connectivity index (χ0v) is 13.4. The van der Waals surface area contributed by atoms with Crippen molar-refractivity contribution in [1.82, 2.24) is 0 Å². The van der Waals surface area contributed by atoms with Gasteiger partial charge in [-0.2, -0.15) is 39.5 Å². The molecule has 0 N–H and O–H groups in total. The first kappa shape index (κ1) is 34.9. The van der Waals surface area contributed by atoms with Crippen molar-refractivity contribution in [2.75, 3.05) is 0 Å². The topological polar surface area (TPSA) is 149 Å². The Balaban J connectivity index is -0.0000000709. The van der Waals surface area contributed by atoms with Crippen LogP contribution in [-0.2, 0) is 48.9 Å². The Morgan fingerprint density at radius 3 is 0.750 bits per heavy atom. The summed E-state index contributed by atoms with van der Waals surface area (Å²) in [6.45, 7) is -3.67. The van der Waals surface area contributed by atoms with Gasteiger partial charge in [0.1, 0.15) is 11.6 Å². The minimum Gasteiger partial charge on any atom is -0.741 e. The van der Waals surface area contributed by atoms with E-state index in [4.69, 9.17) is 34.4 Å². The maximum Gasteiger partial charge on any atom is 2.00 e. The fraction of sp³-hybridized carbons (Fsp3) is 1.00. The molecule has 155 valence electrons. The Morgan fingerprint density at radius 2 is 0.750 bits per heavy atom. The van der Waals surface area contributed by atoms with Crippen LogP contribution in [0.3, 0.4) is 0 Å². The summed E-state index contributed by atoms with van der Waals surface area (Å²) in [7, 11) is -12.2. The number of alkyl halides is 9. The van der Waals surface area contributed by atoms with Gasteiger partial charge < -0.3 is 9.11 Å². The Labute approximate surface area is 141 Å². The molecule has 0 amide bonds. The van der Waals surface area contributed by atoms with Crippen molar-refractivity contribution in [1.29, 1.82) is 0 Å². The summed E-state index contributed by atoms with van der Waals surface area (Å²) in [5, 5.41) is 0. The van der Waals surface area contributed by atoms with E-state index in [1.165, 1.54) is 0 Å². The molecule has 0 atom stereocenters. The molecule has 0 aliphatic rings. The smallest absolute Gasteiger partial charge is 0.741 e. The molecule has 8 nitrogen and oxygen atoms in total. The van der Waals surface area contributed by atoms with Crippen molar-refractivity contribution in [3.63, 3.8) is 0 Å². The maximum absolute atomic E-state index is 10.7. The monoisotopic (exact) mass is 497 g/mol. The van der Waals surface area contributed by atoms with Crippen molar-refractivity contribution in [3.8, 4) is 0 Å². The molecule has 24 heavy (non-hydrogen) atoms. The minimum atomic E-state index is -6.09. The molecule has 0 aliphatic carbocycles. The molecule has 0 unspecified atom stereocenters. The predicted octanol–water partition coefficient (Wildman–Crippen LogP) is 0.0732. The van der Waals surface area contributed by atoms with Crippen LogP contribution in [0.15, 0.2) is 0 Å². The minimum absolute atomic E-state index is 0. The van der Waals surface area contributed by atoms with E-state index in [0.29, 0.717) is 0 Å². The van der Waals surface area contributed by atoms with Crippen LogP contribution in [0.1, 0.15) is 0 Å². The van der Waals surface area contributed by atoms with Gasteiger partial charge in [0, 0.05) is 0 Å². The summed E-state index contributed by atoms with van der Waals surface area (Å²) in [5.74, 6) is 0. The van der Waals surface area contributed by atoms with E-state index in [0.717, 1.165) is 0 Å². The molecule has 0 aromatic rings. The number of halogens is 9. The average Bonchev–Trinajstić information content (AvgIpc) is 2.11. The standard InChI is InChI=1S/2CHF3O3S.CHF3.Cu.H2O2S/c2*2-1(3,4)8(5,6)7;2-1(3)4;;1-3-2/h2*(H,5,6,7);1H;;3H2/q;;;+2;/p-2. The molecule has 0 saturated heterocycles. The molecule has 0 heterocycles. The van der Waals surface area contributed by atoms with E-state index in [1.54, 1.807) is 0 Å². The van der Waals surface area contributed by atoms with Crippen LogP contribution in [0.25, 0.3) is 0 Å². The van der Waals surface area contributed by atoms with Crippen molar-refractivity contribution in [2.45, 2.75) is 17.7 Å². The van der Waals surface area contributed by atoms with Gasteiger partial charge in [0.25, 0.3) is 0 Å². The van der Waals surface area contributed by atoms with Gasteiger partial charge in [0.15, 0.2) is 20.2 Å². The van der Waals surface area contributed by atoms with Gasteiger partial charge in [0.2, 0.25) is 0 Å². The molecule has 0 saturated carbocycles. The van der Waals surface area contributed by atoms with E-state index < -0.39 is 49.5 Å². The van der Waals surface area contributed by atoms with Crippen LogP contribution < -0.4 is 0 Å². The first-order chi connectivity index (χ1) is 9.65. The number of hydrogen-bond acceptors (Lipinski definition) is 8. The molecule has 0 aromatic heterocycles. The van der Waals surface area contributed by atoms with Crippen LogP contribution in [0.4, 0.5) is 39.5 Å². The van der Waals surface area contributed by atoms with Crippen LogP contribution in [-0.4, -0.2) is 52.1 Å². The summed E-state index contributed by atoms with van der Waals surface area (Å²) in [4.78, 5) is 0. The number of rotatable bonds is 0. The summed E-state index contributed by atoms with van der Waals surface area (Å²) >= 11 is -1.42. The van der Waals surface area contributed by atoms with E-state index >= 15 is 0 Å². The molecule has 0 fully saturated rings. The first-order valence-corrected chi connectivity index (χ1v) is 7.24. The molecule has 0 spiro atoms. The zero-order chi connectivity index (χ0) is 20.3. The van der Waals surface area contributed by atoms with Gasteiger partial charge >= 0.3 is 34.8 Å². The molecule has 0 rings (SSSR count). The largest absolute Gasteiger partial charge is 2.00 e. The van der Waals surface area contributed by atoms with Gasteiger partial charge in [0.05, 0.1) is 0 Å². The molecule has 0 aliphatic heterocycles. The molecule has 0 bridgehead atoms. The Morgan fingerprint density at radius 1 is 0.708 bits per heavy atom. The normalized spacial score (nSPS) is 11.5. The van der Waals surface area contributed by atoms with Crippen molar-refractivity contribution < 1.29 is 90.9 Å². The van der Waals surface area contributed by atoms with Gasteiger partial charge in [-0.25, -0.2) is 25.3 Å². The predicted molar refractivity (Wildman–Crippen MR) is 50.3 cm³/mol. The Hall–Kier alpha value is -0.341. The van der Waals surface area contributed by atoms with Crippen molar-refractivity contribution in [2.24, 2.45) is 0 Å². The third kappa shape index (κ3) is 29.6. The molecular formula is C3H3CuF9O8S3. The van der Waals surface area contributed by atoms with E-state index in [-0.39, 0.29) is 17.1 Å². The van der Waals surface area contributed by atoms with Crippen molar-refractivity contribution >= 4 is 31.8 Å². The number of hydrogen-bond donors (Lipinski definition) is 0. The van der Waals surface area contributed by atoms with Gasteiger partial charge in [-0.3, -0.25) is 0 Å². The summed E-state index contributed by atoms with van der Waals surface area (Å²) in [6, 6.07) is 0. The Kier molecular flexibility index (Phi) is 20.2. The SMILES string of the molecule is FC(F)F.O=S(=O)([O-])C(F)(F)F.O=S(=O)([O-])C(F)(F)F.O=[SH2]=O.[Cu+2]. The second-order valence-electron chi connectivity index (χ2n) is 2.13. The van der Waals surface area contributed by atoms with Gasteiger partial charge in [-0.1, -0.05) is 0 Å². The van der Waals surface area contributed by atoms with E-state index in [9.17, 15) is 39.5 Å². The fourth-order valence-electron chi connectivity index (χ4n) is 0. The third-order valence-corrected chi connectivity index (χ3v) is 1.70. The fourth-order valence-corrected chi connectivity index (χ4v) is 0. The van der Waals surface area contributed by atoms with Crippen LogP contribution in [0.2, 0.25) is 0 Å². The molecular weight excluding hydrogens is 495 g/mol. The summed E-state index contributed by atoms with van der Waals surface area (Å²) < 4.78 is 164. The van der Waals surface area contributed by atoms with Crippen LogP contribution >= 0.6 is 0 Å². The molecule has 21 heteroatoms. The second kappa shape index (κ2) is 13.9. The quantitative estimate of drug-likeness (QED) is 0.198. The maximum atomic E-state index is 10.7. The zero-order valence-electron chi connectivity index (χ0n) is 9.86. The van der Waals surface area contributed by atoms with Gasteiger partial charge in [-0.05, 0) is 0 Å². The Bertz CT molecular complexity index is 499. The third-order valence-electron chi connectivity index (χ3n) is 0.567. The summed E-state index contributed by atoms with van der Waals surface area (Å²) in [5.41, 5.74) is -11.3. The molecule has 1 radical (unpaired) electrons. The van der Waals surface area contributed by atoms with Crippen LogP contribution in [0, 0.1) is 0 Å². The first-order valence-electron chi connectivity index (χ1n) is 3.61. The molecule has 0 aromatic carbocycles.